The minimum Gasteiger partial charge on any atom is -0.478 e. The molecule has 8 nitrogen and oxygen atoms in total. The molecule has 1 aliphatic heterocycles. The zero-order valence-electron chi connectivity index (χ0n) is 15.9. The lowest BCUT2D eigenvalue weighted by atomic mass is 9.97. The fraction of sp³-hybridized carbons (Fsp3) is 0.526. The molecular weight excluding hydrogens is 348 g/mol. The van der Waals surface area contributed by atoms with Crippen molar-refractivity contribution >= 4 is 29.0 Å². The first-order chi connectivity index (χ1) is 12.7. The largest absolute Gasteiger partial charge is 0.478 e. The fourth-order valence-electron chi connectivity index (χ4n) is 3.11. The molecule has 0 radical (unpaired) electrons. The summed E-state index contributed by atoms with van der Waals surface area (Å²) in [6.45, 7) is 7.72. The number of aromatic nitrogens is 2. The third-order valence-corrected chi connectivity index (χ3v) is 4.55. The van der Waals surface area contributed by atoms with Crippen molar-refractivity contribution in [1.82, 2.24) is 14.9 Å². The summed E-state index contributed by atoms with van der Waals surface area (Å²) in [6.07, 6.45) is 1.55. The second kappa shape index (κ2) is 7.46. The van der Waals surface area contributed by atoms with Crippen LogP contribution in [0, 0.1) is 5.92 Å². The number of nitrogens with zero attached hydrogens (tertiary/aromatic N) is 2. The predicted octanol–water partition coefficient (Wildman–Crippen LogP) is 3.32. The number of carbonyl (C=O) groups is 2. The Morgan fingerprint density at radius 2 is 2.04 bits per heavy atom. The number of H-pyrrole nitrogens is 1. The maximum atomic E-state index is 12.1. The number of nitrogens with one attached hydrogen (secondary N) is 2. The number of benzene rings is 1. The van der Waals surface area contributed by atoms with Crippen LogP contribution in [0.3, 0.4) is 0 Å². The number of carboxylic acids is 1. The van der Waals surface area contributed by atoms with E-state index in [1.807, 2.05) is 20.8 Å². The van der Waals surface area contributed by atoms with Gasteiger partial charge in [-0.05, 0) is 57.7 Å². The molecule has 1 aromatic carbocycles. The van der Waals surface area contributed by atoms with Crippen molar-refractivity contribution in [3.8, 4) is 0 Å². The van der Waals surface area contributed by atoms with Crippen LogP contribution in [0.25, 0.3) is 11.0 Å². The number of hydrogen-bond acceptors (Lipinski definition) is 5. The topological polar surface area (TPSA) is 108 Å². The number of hydrogen-bond donors (Lipinski definition) is 3. The first kappa shape index (κ1) is 19.0. The van der Waals surface area contributed by atoms with E-state index in [2.05, 4.69) is 15.3 Å². The smallest absolute Gasteiger partial charge is 0.410 e. The van der Waals surface area contributed by atoms with Crippen LogP contribution in [-0.4, -0.2) is 57.3 Å². The fourth-order valence-corrected chi connectivity index (χ4v) is 3.11. The summed E-state index contributed by atoms with van der Waals surface area (Å²) < 4.78 is 5.42. The summed E-state index contributed by atoms with van der Waals surface area (Å²) in [5.74, 6) is 0.103. The van der Waals surface area contributed by atoms with Gasteiger partial charge in [-0.3, -0.25) is 0 Å². The molecule has 0 unspecified atom stereocenters. The van der Waals surface area contributed by atoms with Crippen molar-refractivity contribution in [2.45, 2.75) is 39.2 Å². The molecule has 2 aromatic rings. The van der Waals surface area contributed by atoms with Gasteiger partial charge in [0.1, 0.15) is 5.60 Å². The molecule has 1 saturated heterocycles. The quantitative estimate of drug-likeness (QED) is 0.758. The molecule has 3 rings (SSSR count). The SMILES string of the molecule is CC(C)(C)OC(=O)N1CCC(CNc2nc3ccc(C(=O)O)cc3[nH]2)CC1. The van der Waals surface area contributed by atoms with E-state index in [1.165, 1.54) is 0 Å². The van der Waals surface area contributed by atoms with Gasteiger partial charge in [0.2, 0.25) is 5.95 Å². The normalized spacial score (nSPS) is 15.7. The van der Waals surface area contributed by atoms with E-state index in [0.29, 0.717) is 30.5 Å². The molecule has 0 atom stereocenters. The number of aromatic amines is 1. The first-order valence-electron chi connectivity index (χ1n) is 9.16. The minimum absolute atomic E-state index is 0.229. The van der Waals surface area contributed by atoms with Gasteiger partial charge in [-0.25, -0.2) is 14.6 Å². The Morgan fingerprint density at radius 3 is 2.67 bits per heavy atom. The number of aromatic carboxylic acids is 1. The highest BCUT2D eigenvalue weighted by molar-refractivity contribution is 5.92. The Labute approximate surface area is 157 Å². The van der Waals surface area contributed by atoms with Gasteiger partial charge in [-0.15, -0.1) is 0 Å². The zero-order valence-corrected chi connectivity index (χ0v) is 15.9. The number of amides is 1. The molecule has 27 heavy (non-hydrogen) atoms. The Bertz CT molecular complexity index is 832. The van der Waals surface area contributed by atoms with Gasteiger partial charge in [0, 0.05) is 19.6 Å². The average Bonchev–Trinajstić information content (AvgIpc) is 3.01. The molecule has 1 aliphatic rings. The van der Waals surface area contributed by atoms with E-state index in [4.69, 9.17) is 9.84 Å². The van der Waals surface area contributed by atoms with Crippen LogP contribution in [0.15, 0.2) is 18.2 Å². The summed E-state index contributed by atoms with van der Waals surface area (Å²) in [5.41, 5.74) is 1.17. The van der Waals surface area contributed by atoms with Crippen LogP contribution in [0.4, 0.5) is 10.7 Å². The van der Waals surface area contributed by atoms with Crippen molar-refractivity contribution in [2.24, 2.45) is 5.92 Å². The van der Waals surface area contributed by atoms with E-state index in [1.54, 1.807) is 23.1 Å². The summed E-state index contributed by atoms with van der Waals surface area (Å²) in [7, 11) is 0. The number of anilines is 1. The van der Waals surface area contributed by atoms with Gasteiger partial charge < -0.3 is 25.0 Å². The van der Waals surface area contributed by atoms with E-state index in [-0.39, 0.29) is 11.7 Å². The van der Waals surface area contributed by atoms with E-state index in [9.17, 15) is 9.59 Å². The number of fused-ring (bicyclic) bond motifs is 1. The number of rotatable bonds is 4. The number of carbonyl (C=O) groups excluding carboxylic acids is 1. The summed E-state index contributed by atoms with van der Waals surface area (Å²) in [5, 5.41) is 12.3. The highest BCUT2D eigenvalue weighted by atomic mass is 16.6. The molecule has 8 heteroatoms. The molecular formula is C19H26N4O4. The van der Waals surface area contributed by atoms with E-state index >= 15 is 0 Å². The Morgan fingerprint density at radius 1 is 1.33 bits per heavy atom. The summed E-state index contributed by atoms with van der Waals surface area (Å²) >= 11 is 0. The second-order valence-corrected chi connectivity index (χ2v) is 7.91. The number of ether oxygens (including phenoxy) is 1. The number of likely N-dealkylation sites (tertiary alicyclic amines) is 1. The van der Waals surface area contributed by atoms with Crippen molar-refractivity contribution < 1.29 is 19.4 Å². The number of piperidine rings is 1. The van der Waals surface area contributed by atoms with Crippen LogP contribution < -0.4 is 5.32 Å². The molecule has 0 aliphatic carbocycles. The molecule has 1 aromatic heterocycles. The maximum absolute atomic E-state index is 12.1. The Hall–Kier alpha value is -2.77. The third kappa shape index (κ3) is 4.90. The average molecular weight is 374 g/mol. The van der Waals surface area contributed by atoms with E-state index in [0.717, 1.165) is 24.9 Å². The third-order valence-electron chi connectivity index (χ3n) is 4.55. The molecule has 3 N–H and O–H groups in total. The molecule has 0 saturated carbocycles. The van der Waals surface area contributed by atoms with Crippen LogP contribution in [0.5, 0.6) is 0 Å². The second-order valence-electron chi connectivity index (χ2n) is 7.91. The van der Waals surface area contributed by atoms with E-state index < -0.39 is 11.6 Å². The van der Waals surface area contributed by atoms with Crippen LogP contribution in [0.1, 0.15) is 44.0 Å². The van der Waals surface area contributed by atoms with Gasteiger partial charge in [0.05, 0.1) is 16.6 Å². The Kier molecular flexibility index (Phi) is 5.25. The predicted molar refractivity (Wildman–Crippen MR) is 102 cm³/mol. The van der Waals surface area contributed by atoms with Gasteiger partial charge in [0.25, 0.3) is 0 Å². The van der Waals surface area contributed by atoms with Gasteiger partial charge >= 0.3 is 12.1 Å². The van der Waals surface area contributed by atoms with Gasteiger partial charge in [-0.2, -0.15) is 0 Å². The number of carboxylic acid groups (broad SMARTS) is 1. The zero-order chi connectivity index (χ0) is 19.6. The highest BCUT2D eigenvalue weighted by Gasteiger charge is 2.26. The standard InChI is InChI=1S/C19H26N4O4/c1-19(2,3)27-18(26)23-8-6-12(7-9-23)11-20-17-21-14-5-4-13(16(24)25)10-15(14)22-17/h4-5,10,12H,6-9,11H2,1-3H3,(H,24,25)(H2,20,21,22). The van der Waals surface area contributed by atoms with Crippen molar-refractivity contribution in [3.63, 3.8) is 0 Å². The highest BCUT2D eigenvalue weighted by Crippen LogP contribution is 2.21. The van der Waals surface area contributed by atoms with Crippen molar-refractivity contribution in [1.29, 1.82) is 0 Å². The lowest BCUT2D eigenvalue weighted by molar-refractivity contribution is 0.0188. The maximum Gasteiger partial charge on any atom is 0.410 e. The molecule has 1 fully saturated rings. The molecule has 0 spiro atoms. The molecule has 0 bridgehead atoms. The van der Waals surface area contributed by atoms with Crippen molar-refractivity contribution in [3.05, 3.63) is 23.8 Å². The summed E-state index contributed by atoms with van der Waals surface area (Å²) in [4.78, 5) is 32.5. The van der Waals surface area contributed by atoms with Gasteiger partial charge in [-0.1, -0.05) is 0 Å². The summed E-state index contributed by atoms with van der Waals surface area (Å²) in [6, 6.07) is 4.82. The van der Waals surface area contributed by atoms with Gasteiger partial charge in [0.15, 0.2) is 0 Å². The molecule has 146 valence electrons. The molecule has 1 amide bonds. The van der Waals surface area contributed by atoms with Crippen molar-refractivity contribution in [2.75, 3.05) is 25.0 Å². The Balaban J connectivity index is 1.51. The lowest BCUT2D eigenvalue weighted by Crippen LogP contribution is -2.42. The first-order valence-corrected chi connectivity index (χ1v) is 9.16. The molecule has 2 heterocycles. The number of imidazole rings is 1. The monoisotopic (exact) mass is 374 g/mol. The minimum atomic E-state index is -0.960. The van der Waals surface area contributed by atoms with Crippen LogP contribution >= 0.6 is 0 Å². The lowest BCUT2D eigenvalue weighted by Gasteiger charge is -2.33. The van der Waals surface area contributed by atoms with Crippen LogP contribution in [0.2, 0.25) is 0 Å². The van der Waals surface area contributed by atoms with Crippen LogP contribution in [-0.2, 0) is 4.74 Å².